The van der Waals surface area contributed by atoms with Gasteiger partial charge in [0.1, 0.15) is 11.4 Å². The molecule has 0 saturated heterocycles. The first-order chi connectivity index (χ1) is 16.4. The molecule has 0 fully saturated rings. The fourth-order valence-corrected chi connectivity index (χ4v) is 3.63. The van der Waals surface area contributed by atoms with Gasteiger partial charge in [0, 0.05) is 36.2 Å². The van der Waals surface area contributed by atoms with Crippen LogP contribution in [0.3, 0.4) is 0 Å². The highest BCUT2D eigenvalue weighted by Crippen LogP contribution is 2.33. The van der Waals surface area contributed by atoms with E-state index >= 15 is 0 Å². The molecular formula is C25H30N4O6. The number of rotatable bonds is 2. The largest absolute Gasteiger partial charge is 0.453 e. The molecule has 1 aromatic heterocycles. The molecule has 3 amide bonds. The van der Waals surface area contributed by atoms with Gasteiger partial charge in [0.2, 0.25) is 5.91 Å². The molecule has 2 heterocycles. The smallest absolute Gasteiger partial charge is 0.411 e. The first-order valence-corrected chi connectivity index (χ1v) is 11.2. The van der Waals surface area contributed by atoms with Gasteiger partial charge in [-0.1, -0.05) is 13.0 Å². The Bertz CT molecular complexity index is 1140. The highest BCUT2D eigenvalue weighted by atomic mass is 16.6. The second kappa shape index (κ2) is 10.5. The van der Waals surface area contributed by atoms with Crippen LogP contribution in [-0.4, -0.2) is 41.6 Å². The normalized spacial score (nSPS) is 18.2. The molecule has 3 N–H and O–H groups in total. The molecule has 2 aromatic rings. The van der Waals surface area contributed by atoms with Crippen molar-refractivity contribution in [1.29, 1.82) is 0 Å². The number of benzene rings is 1. The lowest BCUT2D eigenvalue weighted by Gasteiger charge is -2.24. The van der Waals surface area contributed by atoms with Crippen molar-refractivity contribution in [3.63, 3.8) is 0 Å². The third-order valence-electron chi connectivity index (χ3n) is 5.26. The average Bonchev–Trinajstić information content (AvgIpc) is 2.77. The number of fused-ring (bicyclic) bond motifs is 4. The quantitative estimate of drug-likeness (QED) is 0.576. The first kappa shape index (κ1) is 25.7. The molecule has 3 rings (SSSR count). The summed E-state index contributed by atoms with van der Waals surface area (Å²) in [6, 6.07) is 7.80. The van der Waals surface area contributed by atoms with Gasteiger partial charge in [-0.05, 0) is 50.6 Å². The van der Waals surface area contributed by atoms with Crippen molar-refractivity contribution in [2.75, 3.05) is 17.7 Å². The van der Waals surface area contributed by atoms with Gasteiger partial charge in [0.05, 0.1) is 24.5 Å². The topological polar surface area (TPSA) is 136 Å². The molecular weight excluding hydrogens is 452 g/mol. The first-order valence-electron chi connectivity index (χ1n) is 11.2. The van der Waals surface area contributed by atoms with E-state index in [4.69, 9.17) is 4.74 Å². The maximum absolute atomic E-state index is 12.9. The summed E-state index contributed by atoms with van der Waals surface area (Å²) in [5.41, 5.74) is 2.00. The SMILES string of the molecule is COC(=O)Nc1ccc2c(c1)NC(=O)[C@H](C)CC(=O)C[C@H](NC(=O)OC(C)(C)C)c1cc-2ccn1. The van der Waals surface area contributed by atoms with Crippen LogP contribution >= 0.6 is 0 Å². The standard InChI is InChI=1S/C25H30N4O6/c1-14-10-17(30)13-21(29-24(33)35-25(2,3)4)20-11-15(8-9-26-20)18-7-6-16(27-23(32)34-5)12-19(18)28-22(14)31/h6-9,11-12,14,21H,10,13H2,1-5H3,(H,27,32)(H,28,31)(H,29,33)/t14-,21+/m1/s1. The van der Waals surface area contributed by atoms with Gasteiger partial charge in [-0.25, -0.2) is 9.59 Å². The van der Waals surface area contributed by atoms with Crippen LogP contribution < -0.4 is 16.0 Å². The Morgan fingerprint density at radius 2 is 1.83 bits per heavy atom. The number of ether oxygens (including phenoxy) is 2. The number of nitrogens with zero attached hydrogens (tertiary/aromatic N) is 1. The number of aromatic nitrogens is 1. The minimum atomic E-state index is -0.740. The Balaban J connectivity index is 2.06. The summed E-state index contributed by atoms with van der Waals surface area (Å²) in [6.45, 7) is 6.90. The summed E-state index contributed by atoms with van der Waals surface area (Å²) >= 11 is 0. The van der Waals surface area contributed by atoms with Crippen LogP contribution in [0.25, 0.3) is 11.1 Å². The summed E-state index contributed by atoms with van der Waals surface area (Å²) in [6.07, 6.45) is 0.194. The zero-order valence-corrected chi connectivity index (χ0v) is 20.4. The lowest BCUT2D eigenvalue weighted by Crippen LogP contribution is -2.36. The minimum Gasteiger partial charge on any atom is -0.453 e. The van der Waals surface area contributed by atoms with Crippen molar-refractivity contribution in [3.8, 4) is 11.1 Å². The van der Waals surface area contributed by atoms with E-state index in [9.17, 15) is 19.2 Å². The Morgan fingerprint density at radius 3 is 2.51 bits per heavy atom. The number of methoxy groups -OCH3 is 1. The van der Waals surface area contributed by atoms with Crippen LogP contribution in [-0.2, 0) is 19.1 Å². The molecule has 1 aliphatic rings. The second-order valence-corrected chi connectivity index (χ2v) is 9.38. The number of anilines is 2. The molecule has 1 aromatic carbocycles. The van der Waals surface area contributed by atoms with Crippen molar-refractivity contribution in [3.05, 3.63) is 42.2 Å². The molecule has 1 aliphatic heterocycles. The van der Waals surface area contributed by atoms with Gasteiger partial charge >= 0.3 is 12.2 Å². The van der Waals surface area contributed by atoms with Crippen molar-refractivity contribution >= 4 is 35.3 Å². The van der Waals surface area contributed by atoms with E-state index in [-0.39, 0.29) is 24.5 Å². The van der Waals surface area contributed by atoms with E-state index in [1.807, 2.05) is 0 Å². The number of pyridine rings is 1. The van der Waals surface area contributed by atoms with E-state index < -0.39 is 29.7 Å². The van der Waals surface area contributed by atoms with E-state index in [0.29, 0.717) is 28.2 Å². The number of Topliss-reactive ketones (excluding diaryl/α,β-unsaturated/α-hetero) is 1. The summed E-state index contributed by atoms with van der Waals surface area (Å²) in [5.74, 6) is -1.18. The summed E-state index contributed by atoms with van der Waals surface area (Å²) in [5, 5.41) is 8.19. The number of carbonyl (C=O) groups is 4. The maximum Gasteiger partial charge on any atom is 0.411 e. The molecule has 186 valence electrons. The monoisotopic (exact) mass is 482 g/mol. The number of hydrogen-bond donors (Lipinski definition) is 3. The Morgan fingerprint density at radius 1 is 1.09 bits per heavy atom. The Hall–Kier alpha value is -3.95. The molecule has 0 aliphatic carbocycles. The summed E-state index contributed by atoms with van der Waals surface area (Å²) < 4.78 is 10.0. The molecule has 0 saturated carbocycles. The zero-order chi connectivity index (χ0) is 25.8. The minimum absolute atomic E-state index is 0.0204. The highest BCUT2D eigenvalue weighted by Gasteiger charge is 2.27. The maximum atomic E-state index is 12.9. The van der Waals surface area contributed by atoms with Gasteiger partial charge < -0.3 is 20.1 Å². The lowest BCUT2D eigenvalue weighted by molar-refractivity contribution is -0.126. The average molecular weight is 483 g/mol. The van der Waals surface area contributed by atoms with Gasteiger partial charge in [0.15, 0.2) is 0 Å². The van der Waals surface area contributed by atoms with Crippen LogP contribution in [0.1, 0.15) is 52.3 Å². The van der Waals surface area contributed by atoms with Crippen molar-refractivity contribution in [1.82, 2.24) is 10.3 Å². The Kier molecular flexibility index (Phi) is 7.73. The predicted molar refractivity (Wildman–Crippen MR) is 130 cm³/mol. The van der Waals surface area contributed by atoms with Crippen molar-refractivity contribution in [2.24, 2.45) is 5.92 Å². The van der Waals surface area contributed by atoms with Crippen LogP contribution in [0.15, 0.2) is 36.5 Å². The molecule has 2 bridgehead atoms. The van der Waals surface area contributed by atoms with E-state index in [1.54, 1.807) is 64.2 Å². The number of alkyl carbamates (subject to hydrolysis) is 1. The lowest BCUT2D eigenvalue weighted by atomic mass is 9.94. The van der Waals surface area contributed by atoms with Crippen LogP contribution in [0.5, 0.6) is 0 Å². The van der Waals surface area contributed by atoms with Crippen LogP contribution in [0.4, 0.5) is 21.0 Å². The van der Waals surface area contributed by atoms with Crippen molar-refractivity contribution in [2.45, 2.75) is 52.2 Å². The van der Waals surface area contributed by atoms with Crippen LogP contribution in [0, 0.1) is 5.92 Å². The van der Waals surface area contributed by atoms with Crippen molar-refractivity contribution < 1.29 is 28.7 Å². The fraction of sp³-hybridized carbons (Fsp3) is 0.400. The summed E-state index contributed by atoms with van der Waals surface area (Å²) in [7, 11) is 1.25. The molecule has 0 radical (unpaired) electrons. The number of amides is 3. The third kappa shape index (κ3) is 7.02. The van der Waals surface area contributed by atoms with Gasteiger partial charge in [-0.15, -0.1) is 0 Å². The summed E-state index contributed by atoms with van der Waals surface area (Å²) in [4.78, 5) is 54.2. The second-order valence-electron chi connectivity index (χ2n) is 9.38. The van der Waals surface area contributed by atoms with Gasteiger partial charge in [-0.3, -0.25) is 19.9 Å². The van der Waals surface area contributed by atoms with Gasteiger partial charge in [-0.2, -0.15) is 0 Å². The highest BCUT2D eigenvalue weighted by molar-refractivity contribution is 6.00. The van der Waals surface area contributed by atoms with E-state index in [2.05, 4.69) is 25.7 Å². The van der Waals surface area contributed by atoms with E-state index in [1.165, 1.54) is 7.11 Å². The molecule has 0 spiro atoms. The van der Waals surface area contributed by atoms with Gasteiger partial charge in [0.25, 0.3) is 0 Å². The molecule has 10 nitrogen and oxygen atoms in total. The number of ketones is 1. The van der Waals surface area contributed by atoms with E-state index in [0.717, 1.165) is 0 Å². The number of nitrogens with one attached hydrogen (secondary N) is 3. The zero-order valence-electron chi connectivity index (χ0n) is 20.4. The molecule has 10 heteroatoms. The molecule has 2 atom stereocenters. The number of carbonyl (C=O) groups excluding carboxylic acids is 4. The Labute approximate surface area is 203 Å². The molecule has 0 unspecified atom stereocenters. The predicted octanol–water partition coefficient (Wildman–Crippen LogP) is 4.43. The number of hydrogen-bond acceptors (Lipinski definition) is 7. The third-order valence-corrected chi connectivity index (χ3v) is 5.26. The fourth-order valence-electron chi connectivity index (χ4n) is 3.63. The van der Waals surface area contributed by atoms with Crippen LogP contribution in [0.2, 0.25) is 0 Å². The molecule has 35 heavy (non-hydrogen) atoms.